The summed E-state index contributed by atoms with van der Waals surface area (Å²) in [5.74, 6) is 0.632. The fourth-order valence-corrected chi connectivity index (χ4v) is 3.94. The van der Waals surface area contributed by atoms with Crippen molar-refractivity contribution < 1.29 is 8.42 Å². The van der Waals surface area contributed by atoms with Gasteiger partial charge in [0.25, 0.3) is 0 Å². The number of benzene rings is 1. The van der Waals surface area contributed by atoms with Gasteiger partial charge in [0.2, 0.25) is 10.0 Å². The molecule has 26 heavy (non-hydrogen) atoms. The van der Waals surface area contributed by atoms with Crippen LogP contribution in [-0.4, -0.2) is 46.3 Å². The highest BCUT2D eigenvalue weighted by Gasteiger charge is 2.23. The molecule has 0 saturated carbocycles. The van der Waals surface area contributed by atoms with E-state index in [1.807, 2.05) is 32.0 Å². The molecule has 0 aliphatic heterocycles. The number of aliphatic imine (C=N–C) groups is 1. The van der Waals surface area contributed by atoms with Gasteiger partial charge in [-0.1, -0.05) is 37.6 Å². The van der Waals surface area contributed by atoms with Gasteiger partial charge in [0.15, 0.2) is 5.96 Å². The van der Waals surface area contributed by atoms with Crippen molar-refractivity contribution in [3.8, 4) is 0 Å². The molecule has 3 N–H and O–H groups in total. The van der Waals surface area contributed by atoms with Crippen LogP contribution in [0.15, 0.2) is 29.3 Å². The summed E-state index contributed by atoms with van der Waals surface area (Å²) in [5.41, 5.74) is 0.551. The second-order valence-corrected chi connectivity index (χ2v) is 10.2. The monoisotopic (exact) mass is 402 g/mol. The van der Waals surface area contributed by atoms with E-state index in [4.69, 9.17) is 11.6 Å². The lowest BCUT2D eigenvalue weighted by Crippen LogP contribution is -2.53. The molecule has 6 nitrogen and oxygen atoms in total. The summed E-state index contributed by atoms with van der Waals surface area (Å²) in [6.45, 7) is 9.09. The van der Waals surface area contributed by atoms with Crippen molar-refractivity contribution in [3.05, 3.63) is 34.9 Å². The van der Waals surface area contributed by atoms with Gasteiger partial charge in [-0.2, -0.15) is 0 Å². The first-order chi connectivity index (χ1) is 11.8. The summed E-state index contributed by atoms with van der Waals surface area (Å²) in [4.78, 5) is 4.21. The minimum Gasteiger partial charge on any atom is -0.356 e. The summed E-state index contributed by atoms with van der Waals surface area (Å²) >= 11 is 6.06. The molecule has 1 aromatic rings. The highest BCUT2D eigenvalue weighted by molar-refractivity contribution is 7.88. The second-order valence-electron chi connectivity index (χ2n) is 8.01. The molecule has 0 saturated heterocycles. The van der Waals surface area contributed by atoms with Crippen LogP contribution in [0.4, 0.5) is 0 Å². The van der Waals surface area contributed by atoms with E-state index in [9.17, 15) is 8.42 Å². The molecule has 1 aromatic carbocycles. The van der Waals surface area contributed by atoms with Gasteiger partial charge in [-0.05, 0) is 43.4 Å². The molecule has 1 rings (SSSR count). The minimum atomic E-state index is -3.27. The van der Waals surface area contributed by atoms with E-state index >= 15 is 0 Å². The SMILES string of the molecule is CN=C(NCC(C)(C)Cc1cccc(Cl)c1)NCC(C)(C)NS(C)(=O)=O. The fourth-order valence-electron chi connectivity index (χ4n) is 2.65. The van der Waals surface area contributed by atoms with Gasteiger partial charge in [-0.15, -0.1) is 0 Å². The van der Waals surface area contributed by atoms with Gasteiger partial charge in [-0.25, -0.2) is 13.1 Å². The number of nitrogens with one attached hydrogen (secondary N) is 3. The number of hydrogen-bond donors (Lipinski definition) is 3. The molecule has 0 amide bonds. The van der Waals surface area contributed by atoms with E-state index in [0.717, 1.165) is 17.7 Å². The van der Waals surface area contributed by atoms with Crippen molar-refractivity contribution in [2.45, 2.75) is 39.7 Å². The molecule has 0 heterocycles. The molecule has 0 aliphatic carbocycles. The molecule has 0 unspecified atom stereocenters. The first-order valence-electron chi connectivity index (χ1n) is 8.50. The van der Waals surface area contributed by atoms with E-state index < -0.39 is 15.6 Å². The summed E-state index contributed by atoms with van der Waals surface area (Å²) in [6, 6.07) is 7.88. The van der Waals surface area contributed by atoms with Crippen LogP contribution in [0, 0.1) is 5.41 Å². The Labute approximate surface area is 162 Å². The van der Waals surface area contributed by atoms with Crippen LogP contribution in [0.5, 0.6) is 0 Å². The zero-order chi connectivity index (χ0) is 20.0. The average molecular weight is 403 g/mol. The molecule has 0 atom stereocenters. The van der Waals surface area contributed by atoms with E-state index in [1.54, 1.807) is 7.05 Å². The maximum absolute atomic E-state index is 11.4. The molecular weight excluding hydrogens is 372 g/mol. The Morgan fingerprint density at radius 3 is 2.31 bits per heavy atom. The summed E-state index contributed by atoms with van der Waals surface area (Å²) < 4.78 is 25.4. The van der Waals surface area contributed by atoms with Crippen molar-refractivity contribution in [2.75, 3.05) is 26.4 Å². The fraction of sp³-hybridized carbons (Fsp3) is 0.611. The Balaban J connectivity index is 2.57. The highest BCUT2D eigenvalue weighted by Crippen LogP contribution is 2.22. The topological polar surface area (TPSA) is 82.6 Å². The highest BCUT2D eigenvalue weighted by atomic mass is 35.5. The van der Waals surface area contributed by atoms with Gasteiger partial charge in [0, 0.05) is 30.7 Å². The number of nitrogens with zero attached hydrogens (tertiary/aromatic N) is 1. The first-order valence-corrected chi connectivity index (χ1v) is 10.8. The van der Waals surface area contributed by atoms with E-state index in [2.05, 4.69) is 40.3 Å². The predicted molar refractivity (Wildman–Crippen MR) is 110 cm³/mol. The zero-order valence-electron chi connectivity index (χ0n) is 16.5. The van der Waals surface area contributed by atoms with Crippen molar-refractivity contribution in [3.63, 3.8) is 0 Å². The number of sulfonamides is 1. The van der Waals surface area contributed by atoms with Crippen LogP contribution >= 0.6 is 11.6 Å². The second kappa shape index (κ2) is 9.06. The Kier molecular flexibility index (Phi) is 7.92. The van der Waals surface area contributed by atoms with Crippen molar-refractivity contribution >= 4 is 27.6 Å². The first kappa shape index (κ1) is 22.7. The third kappa shape index (κ3) is 9.40. The molecule has 0 aromatic heterocycles. The third-order valence-corrected chi connectivity index (χ3v) is 4.85. The van der Waals surface area contributed by atoms with Crippen LogP contribution in [0.1, 0.15) is 33.3 Å². The predicted octanol–water partition coefficient (Wildman–Crippen LogP) is 2.40. The molecule has 8 heteroatoms. The Hall–Kier alpha value is -1.31. The van der Waals surface area contributed by atoms with E-state index in [-0.39, 0.29) is 5.41 Å². The Morgan fingerprint density at radius 2 is 1.77 bits per heavy atom. The van der Waals surface area contributed by atoms with Gasteiger partial charge in [0.1, 0.15) is 0 Å². The smallest absolute Gasteiger partial charge is 0.209 e. The summed E-state index contributed by atoms with van der Waals surface area (Å²) in [7, 11) is -1.58. The normalized spacial score (nSPS) is 13.6. The summed E-state index contributed by atoms with van der Waals surface area (Å²) in [6.07, 6.45) is 2.03. The number of rotatable bonds is 8. The van der Waals surface area contributed by atoms with Crippen molar-refractivity contribution in [1.82, 2.24) is 15.4 Å². The van der Waals surface area contributed by atoms with Crippen LogP contribution in [0.3, 0.4) is 0 Å². The van der Waals surface area contributed by atoms with Gasteiger partial charge >= 0.3 is 0 Å². The molecular formula is C18H31ClN4O2S. The molecule has 0 fully saturated rings. The van der Waals surface area contributed by atoms with Crippen LogP contribution < -0.4 is 15.4 Å². The maximum atomic E-state index is 11.4. The lowest BCUT2D eigenvalue weighted by Gasteiger charge is -2.29. The van der Waals surface area contributed by atoms with Crippen molar-refractivity contribution in [2.24, 2.45) is 10.4 Å². The molecule has 0 spiro atoms. The minimum absolute atomic E-state index is 0.0111. The van der Waals surface area contributed by atoms with Gasteiger partial charge < -0.3 is 10.6 Å². The molecule has 148 valence electrons. The van der Waals surface area contributed by atoms with Crippen LogP contribution in [0.2, 0.25) is 5.02 Å². The standard InChI is InChI=1S/C18H31ClN4O2S/c1-17(2,11-14-8-7-9-15(19)10-14)12-21-16(20-5)22-13-18(3,4)23-26(6,24)25/h7-10,23H,11-13H2,1-6H3,(H2,20,21,22). The lowest BCUT2D eigenvalue weighted by atomic mass is 9.86. The largest absolute Gasteiger partial charge is 0.356 e. The Morgan fingerprint density at radius 1 is 1.15 bits per heavy atom. The number of guanidine groups is 1. The molecule has 0 bridgehead atoms. The lowest BCUT2D eigenvalue weighted by molar-refractivity contribution is 0.358. The summed E-state index contributed by atoms with van der Waals surface area (Å²) in [5, 5.41) is 7.22. The average Bonchev–Trinajstić information content (AvgIpc) is 2.44. The van der Waals surface area contributed by atoms with Crippen LogP contribution in [-0.2, 0) is 16.4 Å². The zero-order valence-corrected chi connectivity index (χ0v) is 18.1. The molecule has 0 radical (unpaired) electrons. The quantitative estimate of drug-likeness (QED) is 0.460. The van der Waals surface area contributed by atoms with Gasteiger partial charge in [0.05, 0.1) is 6.26 Å². The van der Waals surface area contributed by atoms with Crippen molar-refractivity contribution in [1.29, 1.82) is 0 Å². The molecule has 0 aliphatic rings. The van der Waals surface area contributed by atoms with Gasteiger partial charge in [-0.3, -0.25) is 4.99 Å². The van der Waals surface area contributed by atoms with E-state index in [0.29, 0.717) is 19.0 Å². The Bertz CT molecular complexity index is 730. The number of hydrogen-bond acceptors (Lipinski definition) is 3. The third-order valence-electron chi connectivity index (χ3n) is 3.69. The van der Waals surface area contributed by atoms with E-state index in [1.165, 1.54) is 5.56 Å². The maximum Gasteiger partial charge on any atom is 0.209 e. The van der Waals surface area contributed by atoms with Crippen LogP contribution in [0.25, 0.3) is 0 Å². The number of halogens is 1.